The molecule has 0 aliphatic heterocycles. The van der Waals surface area contributed by atoms with Crippen LogP contribution in [0.5, 0.6) is 0 Å². The Morgan fingerprint density at radius 3 is 2.21 bits per heavy atom. The normalized spacial score (nSPS) is 11.7. The first kappa shape index (κ1) is 20.8. The van der Waals surface area contributed by atoms with Crippen molar-refractivity contribution >= 4 is 28.5 Å². The third-order valence-corrected chi connectivity index (χ3v) is 5.11. The van der Waals surface area contributed by atoms with Gasteiger partial charge in [0.2, 0.25) is 5.91 Å². The highest BCUT2D eigenvalue weighted by Crippen LogP contribution is 2.19. The van der Waals surface area contributed by atoms with Gasteiger partial charge in [0.1, 0.15) is 0 Å². The number of nitrogens with one attached hydrogen (secondary N) is 1. The molecule has 0 heterocycles. The minimum Gasteiger partial charge on any atom is -0.315 e. The lowest BCUT2D eigenvalue weighted by atomic mass is 10.0. The van der Waals surface area contributed by atoms with E-state index in [1.165, 1.54) is 0 Å². The monoisotopic (exact) mass is 408 g/mol. The van der Waals surface area contributed by atoms with Crippen molar-refractivity contribution in [1.29, 1.82) is 0 Å². The molecule has 0 aliphatic carbocycles. The number of aryl methyl sites for hydroxylation is 2. The number of likely N-dealkylation sites (N-methyl/N-ethyl adjacent to an activating group) is 1. The van der Waals surface area contributed by atoms with Crippen molar-refractivity contribution in [2.75, 3.05) is 16.7 Å². The molecule has 2 N–H and O–H groups in total. The Labute approximate surface area is 173 Å². The third-order valence-electron chi connectivity index (χ3n) is 4.70. The topological polar surface area (TPSA) is 69.6 Å². The van der Waals surface area contributed by atoms with E-state index in [2.05, 4.69) is 4.72 Å². The summed E-state index contributed by atoms with van der Waals surface area (Å²) in [4.78, 5) is 14.3. The third kappa shape index (κ3) is 6.27. The van der Waals surface area contributed by atoms with Crippen LogP contribution < -0.4 is 9.62 Å². The molecule has 3 rings (SSSR count). The zero-order chi connectivity index (χ0) is 20.6. The Bertz CT molecular complexity index is 992. The highest BCUT2D eigenvalue weighted by Gasteiger charge is 2.12. The van der Waals surface area contributed by atoms with Crippen molar-refractivity contribution in [3.05, 3.63) is 95.6 Å². The molecule has 3 aromatic rings. The first-order chi connectivity index (χ1) is 14.0. The Hall–Kier alpha value is -2.96. The maximum absolute atomic E-state index is 12.6. The number of rotatable bonds is 8. The number of carbonyl (C=O) groups is 1. The first-order valence-electron chi connectivity index (χ1n) is 9.37. The summed E-state index contributed by atoms with van der Waals surface area (Å²) in [6.07, 6.45) is 1.96. The van der Waals surface area contributed by atoms with Gasteiger partial charge in [-0.25, -0.2) is 4.21 Å². The minimum absolute atomic E-state index is 0.0455. The van der Waals surface area contributed by atoms with E-state index < -0.39 is 11.3 Å². The summed E-state index contributed by atoms with van der Waals surface area (Å²) in [7, 11) is 1.80. The van der Waals surface area contributed by atoms with Crippen LogP contribution in [0, 0.1) is 0 Å². The van der Waals surface area contributed by atoms with Gasteiger partial charge in [-0.2, -0.15) is 0 Å². The fourth-order valence-corrected chi connectivity index (χ4v) is 3.46. The van der Waals surface area contributed by atoms with E-state index in [9.17, 15) is 9.00 Å². The number of amides is 1. The van der Waals surface area contributed by atoms with Crippen molar-refractivity contribution in [2.45, 2.75) is 19.3 Å². The van der Waals surface area contributed by atoms with Crippen LogP contribution in [-0.2, 0) is 35.3 Å². The second kappa shape index (κ2) is 10.0. The van der Waals surface area contributed by atoms with Gasteiger partial charge in [0.05, 0.1) is 6.42 Å². The number of anilines is 2. The number of hydrogen-bond donors (Lipinski definition) is 2. The largest absolute Gasteiger partial charge is 0.315 e. The molecule has 0 spiro atoms. The standard InChI is InChI=1S/C23H24N2O3S/c1-25(23(26)17-18-7-3-2-4-8-18)22-12-6-10-20(16-22)14-13-19-9-5-11-21(15-19)24-29(27)28/h2-12,15-16,24H,13-14,17H2,1H3,(H,27,28). The first-order valence-corrected chi connectivity index (χ1v) is 10.5. The average molecular weight is 409 g/mol. The van der Waals surface area contributed by atoms with Crippen LogP contribution in [0.4, 0.5) is 11.4 Å². The van der Waals surface area contributed by atoms with Crippen LogP contribution >= 0.6 is 0 Å². The summed E-state index contributed by atoms with van der Waals surface area (Å²) in [6.45, 7) is 0. The fourth-order valence-electron chi connectivity index (χ4n) is 3.13. The smallest absolute Gasteiger partial charge is 0.259 e. The molecule has 5 nitrogen and oxygen atoms in total. The Balaban J connectivity index is 1.63. The molecule has 0 radical (unpaired) electrons. The lowest BCUT2D eigenvalue weighted by Gasteiger charge is -2.18. The van der Waals surface area contributed by atoms with E-state index in [0.717, 1.165) is 35.2 Å². The zero-order valence-electron chi connectivity index (χ0n) is 16.2. The van der Waals surface area contributed by atoms with Gasteiger partial charge in [-0.3, -0.25) is 14.1 Å². The van der Waals surface area contributed by atoms with E-state index in [4.69, 9.17) is 4.55 Å². The van der Waals surface area contributed by atoms with Crippen molar-refractivity contribution in [2.24, 2.45) is 0 Å². The van der Waals surface area contributed by atoms with Crippen molar-refractivity contribution in [1.82, 2.24) is 0 Å². The van der Waals surface area contributed by atoms with E-state index in [0.29, 0.717) is 12.1 Å². The molecule has 0 saturated carbocycles. The van der Waals surface area contributed by atoms with Crippen molar-refractivity contribution in [3.63, 3.8) is 0 Å². The molecule has 3 aromatic carbocycles. The van der Waals surface area contributed by atoms with Crippen LogP contribution in [0.15, 0.2) is 78.9 Å². The van der Waals surface area contributed by atoms with E-state index in [1.807, 2.05) is 72.8 Å². The van der Waals surface area contributed by atoms with Gasteiger partial charge >= 0.3 is 0 Å². The van der Waals surface area contributed by atoms with Crippen LogP contribution in [-0.4, -0.2) is 21.7 Å². The molecular weight excluding hydrogens is 384 g/mol. The highest BCUT2D eigenvalue weighted by atomic mass is 32.2. The van der Waals surface area contributed by atoms with E-state index in [1.54, 1.807) is 18.0 Å². The SMILES string of the molecule is CN(C(=O)Cc1ccccc1)c1cccc(CCc2cccc(NS(=O)O)c2)c1. The van der Waals surface area contributed by atoms with Gasteiger partial charge in [0.15, 0.2) is 0 Å². The Morgan fingerprint density at radius 1 is 0.897 bits per heavy atom. The maximum atomic E-state index is 12.6. The molecule has 0 aliphatic rings. The second-order valence-electron chi connectivity index (χ2n) is 6.84. The van der Waals surface area contributed by atoms with E-state index >= 15 is 0 Å². The van der Waals surface area contributed by atoms with Crippen molar-refractivity contribution in [3.8, 4) is 0 Å². The average Bonchev–Trinajstić information content (AvgIpc) is 2.72. The highest BCUT2D eigenvalue weighted by molar-refractivity contribution is 7.80. The fraction of sp³-hybridized carbons (Fsp3) is 0.174. The molecule has 150 valence electrons. The molecule has 0 fully saturated rings. The van der Waals surface area contributed by atoms with Crippen LogP contribution in [0.1, 0.15) is 16.7 Å². The van der Waals surface area contributed by atoms with Crippen LogP contribution in [0.2, 0.25) is 0 Å². The molecule has 6 heteroatoms. The molecule has 0 saturated heterocycles. The van der Waals surface area contributed by atoms with Crippen LogP contribution in [0.25, 0.3) is 0 Å². The summed E-state index contributed by atoms with van der Waals surface area (Å²) in [5.41, 5.74) is 4.68. The Morgan fingerprint density at radius 2 is 1.52 bits per heavy atom. The zero-order valence-corrected chi connectivity index (χ0v) is 17.1. The molecule has 1 unspecified atom stereocenters. The van der Waals surface area contributed by atoms with Gasteiger partial charge in [0.25, 0.3) is 11.3 Å². The summed E-state index contributed by atoms with van der Waals surface area (Å²) in [5, 5.41) is 0. The van der Waals surface area contributed by atoms with Gasteiger partial charge in [0, 0.05) is 18.4 Å². The predicted molar refractivity (Wildman–Crippen MR) is 118 cm³/mol. The minimum atomic E-state index is -2.08. The molecule has 0 bridgehead atoms. The van der Waals surface area contributed by atoms with Gasteiger partial charge in [-0.15, -0.1) is 0 Å². The lowest BCUT2D eigenvalue weighted by molar-refractivity contribution is -0.117. The number of carbonyl (C=O) groups excluding carboxylic acids is 1. The quantitative estimate of drug-likeness (QED) is 0.548. The number of benzene rings is 3. The summed E-state index contributed by atoms with van der Waals surface area (Å²) in [6, 6.07) is 25.2. The Kier molecular flexibility index (Phi) is 7.16. The lowest BCUT2D eigenvalue weighted by Crippen LogP contribution is -2.27. The molecule has 0 aromatic heterocycles. The van der Waals surface area contributed by atoms with Gasteiger partial charge < -0.3 is 4.90 Å². The summed E-state index contributed by atoms with van der Waals surface area (Å²) < 4.78 is 22.3. The summed E-state index contributed by atoms with van der Waals surface area (Å²) in [5.74, 6) is 0.0455. The second-order valence-corrected chi connectivity index (χ2v) is 7.54. The van der Waals surface area contributed by atoms with E-state index in [-0.39, 0.29) is 5.91 Å². The maximum Gasteiger partial charge on any atom is 0.259 e. The van der Waals surface area contributed by atoms with Gasteiger partial charge in [-0.05, 0) is 53.8 Å². The van der Waals surface area contributed by atoms with Gasteiger partial charge in [-0.1, -0.05) is 54.6 Å². The molecule has 1 atom stereocenters. The molecule has 29 heavy (non-hydrogen) atoms. The van der Waals surface area contributed by atoms with Crippen LogP contribution in [0.3, 0.4) is 0 Å². The summed E-state index contributed by atoms with van der Waals surface area (Å²) >= 11 is -2.08. The predicted octanol–water partition coefficient (Wildman–Crippen LogP) is 4.23. The number of nitrogens with zero attached hydrogens (tertiary/aromatic N) is 1. The number of hydrogen-bond acceptors (Lipinski definition) is 2. The molecular formula is C23H24N2O3S. The molecule has 1 amide bonds. The van der Waals surface area contributed by atoms with Crippen molar-refractivity contribution < 1.29 is 13.6 Å².